The summed E-state index contributed by atoms with van der Waals surface area (Å²) in [5, 5.41) is 3.44. The van der Waals surface area contributed by atoms with Gasteiger partial charge in [-0.3, -0.25) is 0 Å². The molecule has 1 aliphatic rings. The fourth-order valence-electron chi connectivity index (χ4n) is 2.02. The molecule has 94 valence electrons. The molecule has 0 saturated heterocycles. The van der Waals surface area contributed by atoms with E-state index in [2.05, 4.69) is 12.2 Å². The van der Waals surface area contributed by atoms with E-state index in [0.717, 1.165) is 18.2 Å². The van der Waals surface area contributed by atoms with E-state index in [4.69, 9.17) is 4.74 Å². The summed E-state index contributed by atoms with van der Waals surface area (Å²) in [7, 11) is 0. The van der Waals surface area contributed by atoms with E-state index in [1.54, 1.807) is 19.1 Å². The number of hydrogen-bond donors (Lipinski definition) is 1. The van der Waals surface area contributed by atoms with Gasteiger partial charge in [0.25, 0.3) is 0 Å². The molecule has 0 aromatic heterocycles. The third-order valence-corrected chi connectivity index (χ3v) is 3.22. The van der Waals surface area contributed by atoms with Crippen molar-refractivity contribution in [3.8, 4) is 5.75 Å². The Kier molecular flexibility index (Phi) is 4.00. The van der Waals surface area contributed by atoms with Crippen LogP contribution in [-0.2, 0) is 0 Å². The molecular formula is C14H20FNO. The largest absolute Gasteiger partial charge is 0.492 e. The van der Waals surface area contributed by atoms with Crippen LogP contribution in [0.5, 0.6) is 5.75 Å². The van der Waals surface area contributed by atoms with Crippen LogP contribution in [0.3, 0.4) is 0 Å². The van der Waals surface area contributed by atoms with E-state index < -0.39 is 0 Å². The molecule has 1 aromatic rings. The summed E-state index contributed by atoms with van der Waals surface area (Å²) in [4.78, 5) is 0. The molecule has 3 heteroatoms. The predicted molar refractivity (Wildman–Crippen MR) is 66.8 cm³/mol. The first-order valence-electron chi connectivity index (χ1n) is 6.33. The van der Waals surface area contributed by atoms with Gasteiger partial charge in [0.05, 0.1) is 0 Å². The molecule has 1 N–H and O–H groups in total. The van der Waals surface area contributed by atoms with Gasteiger partial charge < -0.3 is 10.1 Å². The zero-order valence-electron chi connectivity index (χ0n) is 10.5. The summed E-state index contributed by atoms with van der Waals surface area (Å²) >= 11 is 0. The van der Waals surface area contributed by atoms with Crippen LogP contribution in [0.1, 0.15) is 25.3 Å². The highest BCUT2D eigenvalue weighted by molar-refractivity contribution is 5.28. The first kappa shape index (κ1) is 12.4. The van der Waals surface area contributed by atoms with Gasteiger partial charge in [0.2, 0.25) is 0 Å². The topological polar surface area (TPSA) is 21.3 Å². The molecule has 2 nitrogen and oxygen atoms in total. The number of ether oxygens (including phenoxy) is 1. The Morgan fingerprint density at radius 1 is 1.47 bits per heavy atom. The molecule has 0 heterocycles. The quantitative estimate of drug-likeness (QED) is 0.821. The van der Waals surface area contributed by atoms with Crippen LogP contribution < -0.4 is 10.1 Å². The van der Waals surface area contributed by atoms with Crippen molar-refractivity contribution in [1.29, 1.82) is 0 Å². The molecule has 0 aliphatic heterocycles. The van der Waals surface area contributed by atoms with Crippen molar-refractivity contribution in [3.05, 3.63) is 29.6 Å². The monoisotopic (exact) mass is 237 g/mol. The van der Waals surface area contributed by atoms with Gasteiger partial charge in [-0.2, -0.15) is 0 Å². The van der Waals surface area contributed by atoms with Crippen LogP contribution >= 0.6 is 0 Å². The van der Waals surface area contributed by atoms with Crippen LogP contribution in [0.2, 0.25) is 0 Å². The minimum Gasteiger partial charge on any atom is -0.492 e. The normalized spacial score (nSPS) is 16.9. The Morgan fingerprint density at radius 2 is 2.24 bits per heavy atom. The second-order valence-corrected chi connectivity index (χ2v) is 4.72. The van der Waals surface area contributed by atoms with Crippen LogP contribution in [0.25, 0.3) is 0 Å². The number of benzene rings is 1. The third kappa shape index (κ3) is 3.43. The van der Waals surface area contributed by atoms with Crippen molar-refractivity contribution in [2.75, 3.05) is 13.2 Å². The van der Waals surface area contributed by atoms with Crippen LogP contribution in [0, 0.1) is 18.7 Å². The van der Waals surface area contributed by atoms with Crippen molar-refractivity contribution < 1.29 is 9.13 Å². The molecule has 1 fully saturated rings. The fourth-order valence-corrected chi connectivity index (χ4v) is 2.02. The lowest BCUT2D eigenvalue weighted by Gasteiger charge is -2.18. The maximum atomic E-state index is 13.1. The summed E-state index contributed by atoms with van der Waals surface area (Å²) < 4.78 is 18.8. The van der Waals surface area contributed by atoms with Crippen molar-refractivity contribution in [2.24, 2.45) is 5.92 Å². The fraction of sp³-hybridized carbons (Fsp3) is 0.571. The summed E-state index contributed by atoms with van der Waals surface area (Å²) in [6, 6.07) is 5.35. The first-order valence-corrected chi connectivity index (χ1v) is 6.33. The Labute approximate surface area is 102 Å². The number of nitrogens with one attached hydrogen (secondary N) is 1. The minimum atomic E-state index is -0.178. The Hall–Kier alpha value is -1.09. The molecule has 1 saturated carbocycles. The zero-order chi connectivity index (χ0) is 12.3. The Balaban J connectivity index is 1.89. The van der Waals surface area contributed by atoms with Gasteiger partial charge in [-0.1, -0.05) is 6.92 Å². The van der Waals surface area contributed by atoms with E-state index in [1.807, 2.05) is 0 Å². The van der Waals surface area contributed by atoms with Crippen molar-refractivity contribution in [2.45, 2.75) is 32.7 Å². The molecule has 0 amide bonds. The molecule has 0 spiro atoms. The van der Waals surface area contributed by atoms with Gasteiger partial charge in [-0.15, -0.1) is 0 Å². The summed E-state index contributed by atoms with van der Waals surface area (Å²) in [5.74, 6) is 1.34. The van der Waals surface area contributed by atoms with Crippen molar-refractivity contribution in [3.63, 3.8) is 0 Å². The Bertz CT molecular complexity index is 376. The average molecular weight is 237 g/mol. The van der Waals surface area contributed by atoms with E-state index in [9.17, 15) is 4.39 Å². The third-order valence-electron chi connectivity index (χ3n) is 3.22. The smallest absolute Gasteiger partial charge is 0.126 e. The van der Waals surface area contributed by atoms with Gasteiger partial charge >= 0.3 is 0 Å². The van der Waals surface area contributed by atoms with Crippen LogP contribution in [-0.4, -0.2) is 19.2 Å². The summed E-state index contributed by atoms with van der Waals surface area (Å²) in [5.41, 5.74) is 0.633. The molecule has 1 atom stereocenters. The number of halogens is 1. The van der Waals surface area contributed by atoms with Gasteiger partial charge in [-0.05, 0) is 56.0 Å². The number of rotatable bonds is 6. The first-order chi connectivity index (χ1) is 8.20. The molecule has 1 unspecified atom stereocenters. The van der Waals surface area contributed by atoms with E-state index in [0.29, 0.717) is 18.2 Å². The predicted octanol–water partition coefficient (Wildman–Crippen LogP) is 2.90. The second-order valence-electron chi connectivity index (χ2n) is 4.72. The lowest BCUT2D eigenvalue weighted by molar-refractivity contribution is 0.250. The summed E-state index contributed by atoms with van der Waals surface area (Å²) in [6.45, 7) is 5.50. The lowest BCUT2D eigenvalue weighted by Crippen LogP contribution is -2.36. The minimum absolute atomic E-state index is 0.178. The van der Waals surface area contributed by atoms with Gasteiger partial charge in [-0.25, -0.2) is 4.39 Å². The number of likely N-dealkylation sites (N-methyl/N-ethyl adjacent to an activating group) is 1. The number of aryl methyl sites for hydroxylation is 1. The highest BCUT2D eigenvalue weighted by atomic mass is 19.1. The highest BCUT2D eigenvalue weighted by Crippen LogP contribution is 2.33. The van der Waals surface area contributed by atoms with E-state index in [1.165, 1.54) is 18.9 Å². The molecule has 0 radical (unpaired) electrons. The SMILES string of the molecule is CCNC(COc1ccc(F)c(C)c1)C1CC1. The molecule has 1 aliphatic carbocycles. The lowest BCUT2D eigenvalue weighted by atomic mass is 10.2. The zero-order valence-corrected chi connectivity index (χ0v) is 10.5. The molecule has 1 aromatic carbocycles. The molecular weight excluding hydrogens is 217 g/mol. The van der Waals surface area contributed by atoms with Gasteiger partial charge in [0, 0.05) is 6.04 Å². The molecule has 0 bridgehead atoms. The molecule has 2 rings (SSSR count). The van der Waals surface area contributed by atoms with Crippen LogP contribution in [0.4, 0.5) is 4.39 Å². The van der Waals surface area contributed by atoms with Crippen molar-refractivity contribution >= 4 is 0 Å². The van der Waals surface area contributed by atoms with E-state index in [-0.39, 0.29) is 5.82 Å². The summed E-state index contributed by atoms with van der Waals surface area (Å²) in [6.07, 6.45) is 2.59. The van der Waals surface area contributed by atoms with Gasteiger partial charge in [0.15, 0.2) is 0 Å². The highest BCUT2D eigenvalue weighted by Gasteiger charge is 2.30. The maximum absolute atomic E-state index is 13.1. The second kappa shape index (κ2) is 5.50. The van der Waals surface area contributed by atoms with Gasteiger partial charge in [0.1, 0.15) is 18.2 Å². The average Bonchev–Trinajstić information content (AvgIpc) is 3.13. The maximum Gasteiger partial charge on any atom is 0.126 e. The Morgan fingerprint density at radius 3 is 2.82 bits per heavy atom. The molecule has 17 heavy (non-hydrogen) atoms. The van der Waals surface area contributed by atoms with Crippen LogP contribution in [0.15, 0.2) is 18.2 Å². The standard InChI is InChI=1S/C14H20FNO/c1-3-16-14(11-4-5-11)9-17-12-6-7-13(15)10(2)8-12/h6-8,11,14,16H,3-5,9H2,1-2H3. The van der Waals surface area contributed by atoms with E-state index >= 15 is 0 Å². The number of hydrogen-bond acceptors (Lipinski definition) is 2. The van der Waals surface area contributed by atoms with Crippen molar-refractivity contribution in [1.82, 2.24) is 5.32 Å².